The fraction of sp³-hybridized carbons (Fsp3) is 0.188. The first-order valence-electron chi connectivity index (χ1n) is 6.38. The van der Waals surface area contributed by atoms with Gasteiger partial charge >= 0.3 is 0 Å². The van der Waals surface area contributed by atoms with Crippen LogP contribution < -0.4 is 4.74 Å². The molecule has 0 aliphatic rings. The molecule has 0 radical (unpaired) electrons. The number of aromatic nitrogens is 2. The summed E-state index contributed by atoms with van der Waals surface area (Å²) in [4.78, 5) is 4.56. The van der Waals surface area contributed by atoms with Crippen LogP contribution in [0.5, 0.6) is 5.75 Å². The van der Waals surface area contributed by atoms with E-state index in [0.717, 1.165) is 33.8 Å². The van der Waals surface area contributed by atoms with Crippen LogP contribution in [0.1, 0.15) is 11.1 Å². The topological polar surface area (TPSA) is 26.5 Å². The van der Waals surface area contributed by atoms with E-state index in [1.165, 1.54) is 12.3 Å². The fourth-order valence-corrected chi connectivity index (χ4v) is 2.53. The lowest BCUT2D eigenvalue weighted by molar-refractivity contribution is 0.414. The SMILES string of the molecule is COc1cc(C)c(-c2cn3cc(F)ccc3n2)c(C)c1. The Bertz CT molecular complexity index is 769. The maximum atomic E-state index is 13.2. The second-order valence-corrected chi connectivity index (χ2v) is 4.88. The molecule has 2 heterocycles. The van der Waals surface area contributed by atoms with Crippen LogP contribution in [0.4, 0.5) is 4.39 Å². The van der Waals surface area contributed by atoms with Gasteiger partial charge in [0.15, 0.2) is 0 Å². The molecule has 0 aliphatic carbocycles. The molecule has 0 aliphatic heterocycles. The van der Waals surface area contributed by atoms with E-state index in [-0.39, 0.29) is 5.82 Å². The molecule has 3 aromatic rings. The predicted octanol–water partition coefficient (Wildman–Crippen LogP) is 3.77. The van der Waals surface area contributed by atoms with E-state index in [0.29, 0.717) is 0 Å². The third kappa shape index (κ3) is 2.03. The molecule has 0 spiro atoms. The number of ether oxygens (including phenoxy) is 1. The largest absolute Gasteiger partial charge is 0.497 e. The molecular formula is C16H15FN2O. The molecular weight excluding hydrogens is 255 g/mol. The van der Waals surface area contributed by atoms with Gasteiger partial charge in [-0.25, -0.2) is 9.37 Å². The first kappa shape index (κ1) is 12.7. The van der Waals surface area contributed by atoms with Gasteiger partial charge in [-0.1, -0.05) is 0 Å². The molecule has 0 N–H and O–H groups in total. The molecule has 3 nitrogen and oxygen atoms in total. The van der Waals surface area contributed by atoms with Gasteiger partial charge in [-0.3, -0.25) is 0 Å². The number of nitrogens with zero attached hydrogens (tertiary/aromatic N) is 2. The standard InChI is InChI=1S/C16H15FN2O/c1-10-6-13(20-3)7-11(2)16(10)14-9-19-8-12(17)4-5-15(19)18-14/h4-9H,1-3H3. The van der Waals surface area contributed by atoms with Crippen molar-refractivity contribution in [1.29, 1.82) is 0 Å². The minimum Gasteiger partial charge on any atom is -0.497 e. The van der Waals surface area contributed by atoms with E-state index >= 15 is 0 Å². The highest BCUT2D eigenvalue weighted by molar-refractivity contribution is 5.70. The minimum atomic E-state index is -0.273. The number of halogens is 1. The van der Waals surface area contributed by atoms with Gasteiger partial charge in [0.05, 0.1) is 12.8 Å². The molecule has 20 heavy (non-hydrogen) atoms. The van der Waals surface area contributed by atoms with Crippen LogP contribution in [-0.4, -0.2) is 16.5 Å². The zero-order valence-electron chi connectivity index (χ0n) is 11.6. The van der Waals surface area contributed by atoms with Gasteiger partial charge in [-0.15, -0.1) is 0 Å². The van der Waals surface area contributed by atoms with Crippen molar-refractivity contribution < 1.29 is 9.13 Å². The summed E-state index contributed by atoms with van der Waals surface area (Å²) in [6, 6.07) is 7.05. The van der Waals surface area contributed by atoms with Crippen molar-refractivity contribution in [3.63, 3.8) is 0 Å². The number of rotatable bonds is 2. The van der Waals surface area contributed by atoms with Crippen molar-refractivity contribution in [2.75, 3.05) is 7.11 Å². The number of imidazole rings is 1. The third-order valence-corrected chi connectivity index (χ3v) is 3.41. The Kier molecular flexibility index (Phi) is 2.93. The maximum absolute atomic E-state index is 13.2. The first-order chi connectivity index (χ1) is 9.58. The van der Waals surface area contributed by atoms with Crippen molar-refractivity contribution >= 4 is 5.65 Å². The molecule has 102 valence electrons. The third-order valence-electron chi connectivity index (χ3n) is 3.41. The Morgan fingerprint density at radius 2 is 1.80 bits per heavy atom. The lowest BCUT2D eigenvalue weighted by Crippen LogP contribution is -1.91. The van der Waals surface area contributed by atoms with E-state index < -0.39 is 0 Å². The summed E-state index contributed by atoms with van der Waals surface area (Å²) in [7, 11) is 1.65. The highest BCUT2D eigenvalue weighted by Crippen LogP contribution is 2.30. The molecule has 1 aromatic carbocycles. The van der Waals surface area contributed by atoms with E-state index in [9.17, 15) is 4.39 Å². The Morgan fingerprint density at radius 3 is 2.45 bits per heavy atom. The van der Waals surface area contributed by atoms with Crippen molar-refractivity contribution in [1.82, 2.24) is 9.38 Å². The van der Waals surface area contributed by atoms with Crippen LogP contribution in [0, 0.1) is 19.7 Å². The summed E-state index contributed by atoms with van der Waals surface area (Å²) in [5.74, 6) is 0.559. The minimum absolute atomic E-state index is 0.273. The summed E-state index contributed by atoms with van der Waals surface area (Å²) in [6.07, 6.45) is 3.28. The Labute approximate surface area is 116 Å². The van der Waals surface area contributed by atoms with Crippen LogP contribution in [0.2, 0.25) is 0 Å². The molecule has 2 aromatic heterocycles. The van der Waals surface area contributed by atoms with Crippen LogP contribution in [0.25, 0.3) is 16.9 Å². The summed E-state index contributed by atoms with van der Waals surface area (Å²) >= 11 is 0. The molecule has 0 unspecified atom stereocenters. The van der Waals surface area contributed by atoms with Crippen LogP contribution in [0.3, 0.4) is 0 Å². The van der Waals surface area contributed by atoms with Gasteiger partial charge in [0.2, 0.25) is 0 Å². The molecule has 0 fully saturated rings. The first-order valence-corrected chi connectivity index (χ1v) is 6.38. The van der Waals surface area contributed by atoms with E-state index in [1.54, 1.807) is 17.6 Å². The Balaban J connectivity index is 2.20. The van der Waals surface area contributed by atoms with Crippen LogP contribution in [0.15, 0.2) is 36.7 Å². The van der Waals surface area contributed by atoms with Crippen molar-refractivity contribution in [3.05, 3.63) is 53.6 Å². The van der Waals surface area contributed by atoms with E-state index in [2.05, 4.69) is 4.98 Å². The van der Waals surface area contributed by atoms with Gasteiger partial charge in [0, 0.05) is 18.0 Å². The van der Waals surface area contributed by atoms with Crippen LogP contribution in [-0.2, 0) is 0 Å². The van der Waals surface area contributed by atoms with E-state index in [1.807, 2.05) is 32.2 Å². The molecule has 4 heteroatoms. The zero-order valence-corrected chi connectivity index (χ0v) is 11.6. The molecule has 0 amide bonds. The number of aryl methyl sites for hydroxylation is 2. The summed E-state index contributed by atoms with van der Waals surface area (Å²) in [5.41, 5.74) is 4.82. The van der Waals surface area contributed by atoms with E-state index in [4.69, 9.17) is 4.74 Å². The number of hydrogen-bond acceptors (Lipinski definition) is 2. The van der Waals surface area contributed by atoms with Gasteiger partial charge in [0.1, 0.15) is 17.2 Å². The van der Waals surface area contributed by atoms with Crippen molar-refractivity contribution in [3.8, 4) is 17.0 Å². The Hall–Kier alpha value is -2.36. The number of hydrogen-bond donors (Lipinski definition) is 0. The summed E-state index contributed by atoms with van der Waals surface area (Å²) < 4.78 is 20.2. The van der Waals surface area contributed by atoms with Gasteiger partial charge in [-0.05, 0) is 49.2 Å². The summed E-state index contributed by atoms with van der Waals surface area (Å²) in [5, 5.41) is 0. The monoisotopic (exact) mass is 270 g/mol. The highest BCUT2D eigenvalue weighted by Gasteiger charge is 2.12. The molecule has 0 bridgehead atoms. The molecule has 3 rings (SSSR count). The molecule has 0 saturated carbocycles. The predicted molar refractivity (Wildman–Crippen MR) is 76.6 cm³/mol. The quantitative estimate of drug-likeness (QED) is 0.708. The highest BCUT2D eigenvalue weighted by atomic mass is 19.1. The summed E-state index contributed by atoms with van der Waals surface area (Å²) in [6.45, 7) is 4.05. The fourth-order valence-electron chi connectivity index (χ4n) is 2.53. The average molecular weight is 270 g/mol. The van der Waals surface area contributed by atoms with Gasteiger partial charge in [-0.2, -0.15) is 0 Å². The van der Waals surface area contributed by atoms with Gasteiger partial charge in [0.25, 0.3) is 0 Å². The number of fused-ring (bicyclic) bond motifs is 1. The number of pyridine rings is 1. The lowest BCUT2D eigenvalue weighted by atomic mass is 10.00. The van der Waals surface area contributed by atoms with Crippen LogP contribution >= 0.6 is 0 Å². The van der Waals surface area contributed by atoms with Crippen molar-refractivity contribution in [2.45, 2.75) is 13.8 Å². The molecule has 0 atom stereocenters. The lowest BCUT2D eigenvalue weighted by Gasteiger charge is -2.09. The smallest absolute Gasteiger partial charge is 0.139 e. The zero-order chi connectivity index (χ0) is 14.3. The number of methoxy groups -OCH3 is 1. The Morgan fingerprint density at radius 1 is 1.10 bits per heavy atom. The van der Waals surface area contributed by atoms with Crippen molar-refractivity contribution in [2.24, 2.45) is 0 Å². The molecule has 0 saturated heterocycles. The maximum Gasteiger partial charge on any atom is 0.139 e. The average Bonchev–Trinajstić information content (AvgIpc) is 2.80. The normalized spacial score (nSPS) is 11.0. The van der Waals surface area contributed by atoms with Gasteiger partial charge < -0.3 is 9.14 Å². The second-order valence-electron chi connectivity index (χ2n) is 4.88. The second kappa shape index (κ2) is 4.63. The number of benzene rings is 1.